The van der Waals surface area contributed by atoms with Crippen molar-refractivity contribution >= 4 is 55.2 Å². The van der Waals surface area contributed by atoms with Gasteiger partial charge in [0, 0.05) is 27.2 Å². The minimum absolute atomic E-state index is 0.0649. The molecule has 10 rings (SSSR count). The molecule has 0 atom stereocenters. The summed E-state index contributed by atoms with van der Waals surface area (Å²) in [6.07, 6.45) is 0. The van der Waals surface area contributed by atoms with E-state index >= 15 is 0 Å². The lowest BCUT2D eigenvalue weighted by atomic mass is 9.62. The molecule has 49 heavy (non-hydrogen) atoms. The molecule has 1 aliphatic rings. The second-order valence-corrected chi connectivity index (χ2v) is 12.8. The van der Waals surface area contributed by atoms with Crippen molar-refractivity contribution in [3.8, 4) is 0 Å². The van der Waals surface area contributed by atoms with Crippen molar-refractivity contribution < 1.29 is 0 Å². The largest absolute Gasteiger partial charge is 0.310 e. The van der Waals surface area contributed by atoms with Crippen LogP contribution in [0.5, 0.6) is 0 Å². The van der Waals surface area contributed by atoms with Crippen molar-refractivity contribution in [3.63, 3.8) is 0 Å². The fraction of sp³-hybridized carbons (Fsp3) is 0.0222. The zero-order chi connectivity index (χ0) is 32.7. The van der Waals surface area contributed by atoms with Gasteiger partial charge < -0.3 is 9.30 Å². The number of benzene rings is 7. The molecule has 0 saturated heterocycles. The maximum atomic E-state index is 14.8. The van der Waals surface area contributed by atoms with Crippen LogP contribution in [0.15, 0.2) is 179 Å². The topological polar surface area (TPSA) is 41.8 Å². The van der Waals surface area contributed by atoms with Gasteiger partial charge in [0.2, 0.25) is 0 Å². The van der Waals surface area contributed by atoms with Crippen LogP contribution in [-0.4, -0.2) is 4.40 Å². The summed E-state index contributed by atoms with van der Waals surface area (Å²) in [5.74, 6) is 0. The Kier molecular flexibility index (Phi) is 5.76. The zero-order valence-corrected chi connectivity index (χ0v) is 26.4. The number of fused-ring (bicyclic) bond motifs is 6. The van der Waals surface area contributed by atoms with Gasteiger partial charge >= 0.3 is 0 Å². The minimum Gasteiger partial charge on any atom is -0.310 e. The molecule has 0 bridgehead atoms. The van der Waals surface area contributed by atoms with Crippen molar-refractivity contribution in [3.05, 3.63) is 213 Å². The maximum absolute atomic E-state index is 14.8. The molecule has 4 nitrogen and oxygen atoms in total. The molecule has 2 aromatic heterocycles. The molecule has 230 valence electrons. The Morgan fingerprint density at radius 1 is 0.408 bits per heavy atom. The lowest BCUT2D eigenvalue weighted by molar-refractivity contribution is 0.732. The Labute approximate surface area is 281 Å². The average molecular weight is 629 g/mol. The zero-order valence-electron chi connectivity index (χ0n) is 26.4. The predicted octanol–water partition coefficient (Wildman–Crippen LogP) is 9.72. The molecule has 7 aromatic carbocycles. The fourth-order valence-electron chi connectivity index (χ4n) is 8.38. The third-order valence-corrected chi connectivity index (χ3v) is 10.4. The number of para-hydroxylation sites is 4. The Hall–Kier alpha value is -6.52. The summed E-state index contributed by atoms with van der Waals surface area (Å²) in [6.45, 7) is 0. The van der Waals surface area contributed by atoms with Crippen molar-refractivity contribution in [1.29, 1.82) is 0 Å². The van der Waals surface area contributed by atoms with Gasteiger partial charge in [0.05, 0.1) is 33.3 Å². The van der Waals surface area contributed by atoms with Gasteiger partial charge in [-0.3, -0.25) is 9.59 Å². The first kappa shape index (κ1) is 27.6. The van der Waals surface area contributed by atoms with Gasteiger partial charge in [-0.15, -0.1) is 0 Å². The summed E-state index contributed by atoms with van der Waals surface area (Å²) < 4.78 is 2.13. The second kappa shape index (κ2) is 10.2. The van der Waals surface area contributed by atoms with E-state index in [2.05, 4.69) is 118 Å². The van der Waals surface area contributed by atoms with Crippen LogP contribution in [-0.2, 0) is 5.41 Å². The van der Waals surface area contributed by atoms with Gasteiger partial charge in [0.1, 0.15) is 0 Å². The Morgan fingerprint density at radius 3 is 1.65 bits per heavy atom. The van der Waals surface area contributed by atoms with Crippen LogP contribution in [0.3, 0.4) is 0 Å². The van der Waals surface area contributed by atoms with Gasteiger partial charge in [0.25, 0.3) is 0 Å². The Bertz CT molecular complexity index is 2820. The van der Waals surface area contributed by atoms with Gasteiger partial charge in [-0.1, -0.05) is 115 Å². The third kappa shape index (κ3) is 3.63. The minimum atomic E-state index is -0.743. The molecule has 0 unspecified atom stereocenters. The van der Waals surface area contributed by atoms with Crippen LogP contribution >= 0.6 is 0 Å². The first-order chi connectivity index (χ1) is 24.2. The molecule has 0 spiro atoms. The van der Waals surface area contributed by atoms with E-state index in [1.807, 2.05) is 60.7 Å². The van der Waals surface area contributed by atoms with Gasteiger partial charge in [-0.2, -0.15) is 0 Å². The maximum Gasteiger partial charge on any atom is 0.197 e. The van der Waals surface area contributed by atoms with Crippen molar-refractivity contribution in [2.24, 2.45) is 0 Å². The van der Waals surface area contributed by atoms with Gasteiger partial charge in [0.15, 0.2) is 10.9 Å². The number of aromatic nitrogens is 1. The molecule has 0 radical (unpaired) electrons. The van der Waals surface area contributed by atoms with Crippen LogP contribution in [0.1, 0.15) is 22.3 Å². The number of nitrogens with zero attached hydrogens (tertiary/aromatic N) is 2. The highest BCUT2D eigenvalue weighted by atomic mass is 16.1. The monoisotopic (exact) mass is 628 g/mol. The molecule has 0 aliphatic carbocycles. The highest BCUT2D eigenvalue weighted by Gasteiger charge is 2.46. The molecule has 3 heterocycles. The molecule has 4 heteroatoms. The normalized spacial score (nSPS) is 13.6. The summed E-state index contributed by atoms with van der Waals surface area (Å²) in [4.78, 5) is 30.9. The lowest BCUT2D eigenvalue weighted by Gasteiger charge is -2.46. The molecule has 9 aromatic rings. The number of hydrogen-bond acceptors (Lipinski definition) is 3. The highest BCUT2D eigenvalue weighted by molar-refractivity contribution is 6.09. The van der Waals surface area contributed by atoms with Crippen LogP contribution in [0, 0.1) is 0 Å². The third-order valence-electron chi connectivity index (χ3n) is 10.4. The van der Waals surface area contributed by atoms with E-state index < -0.39 is 5.41 Å². The van der Waals surface area contributed by atoms with E-state index in [4.69, 9.17) is 0 Å². The van der Waals surface area contributed by atoms with Crippen molar-refractivity contribution in [2.75, 3.05) is 4.90 Å². The number of pyridine rings is 2. The summed E-state index contributed by atoms with van der Waals surface area (Å²) in [6, 6.07) is 57.8. The fourth-order valence-corrected chi connectivity index (χ4v) is 8.38. The molecule has 0 fully saturated rings. The Balaban J connectivity index is 1.49. The summed E-state index contributed by atoms with van der Waals surface area (Å²) in [7, 11) is 0. The van der Waals surface area contributed by atoms with Crippen LogP contribution in [0.4, 0.5) is 17.1 Å². The molecule has 0 amide bonds. The van der Waals surface area contributed by atoms with Gasteiger partial charge in [-0.25, -0.2) is 0 Å². The first-order valence-electron chi connectivity index (χ1n) is 16.5. The van der Waals surface area contributed by atoms with Crippen LogP contribution in [0.25, 0.3) is 38.1 Å². The van der Waals surface area contributed by atoms with Crippen LogP contribution in [0.2, 0.25) is 0 Å². The highest BCUT2D eigenvalue weighted by Crippen LogP contribution is 2.58. The van der Waals surface area contributed by atoms with E-state index in [1.165, 1.54) is 0 Å². The number of rotatable bonds is 3. The molecular weight excluding hydrogens is 601 g/mol. The SMILES string of the molecule is O=c1c2ccccc2n2c3cc4c(cc3c(=O)c3cccc1c32)C(c1ccccc1)(c1ccccc1)c1ccccc1N4c1ccccc1. The molecular formula is C45H28N2O2. The second-order valence-electron chi connectivity index (χ2n) is 12.8. The summed E-state index contributed by atoms with van der Waals surface area (Å²) in [5.41, 5.74) is 8.72. The Morgan fingerprint density at radius 2 is 0.959 bits per heavy atom. The average Bonchev–Trinajstić information content (AvgIpc) is 3.17. The van der Waals surface area contributed by atoms with E-state index in [-0.39, 0.29) is 10.9 Å². The molecule has 1 aliphatic heterocycles. The molecule has 0 N–H and O–H groups in total. The standard InChI is InChI=1S/C45H28N2O2/c48-43-32-21-10-12-25-38(32)47-40-28-41-37(27-35(40)44(49)34-23-14-22-33(43)42(34)47)45(29-15-4-1-5-16-29,30-17-6-2-7-18-30)36-24-11-13-26-39(36)46(41)31-19-8-3-9-20-31/h1-28H. The quantitative estimate of drug-likeness (QED) is 0.145. The number of anilines is 3. The summed E-state index contributed by atoms with van der Waals surface area (Å²) >= 11 is 0. The van der Waals surface area contributed by atoms with E-state index in [1.54, 1.807) is 0 Å². The van der Waals surface area contributed by atoms with E-state index in [0.717, 1.165) is 50.3 Å². The van der Waals surface area contributed by atoms with E-state index in [0.29, 0.717) is 27.1 Å². The smallest absolute Gasteiger partial charge is 0.197 e. The van der Waals surface area contributed by atoms with Crippen molar-refractivity contribution in [1.82, 2.24) is 4.40 Å². The lowest BCUT2D eigenvalue weighted by Crippen LogP contribution is -2.38. The van der Waals surface area contributed by atoms with Crippen molar-refractivity contribution in [2.45, 2.75) is 5.41 Å². The summed E-state index contributed by atoms with van der Waals surface area (Å²) in [5, 5.41) is 2.31. The van der Waals surface area contributed by atoms with E-state index in [9.17, 15) is 9.59 Å². The predicted molar refractivity (Wildman–Crippen MR) is 200 cm³/mol. The molecule has 0 saturated carbocycles. The number of hydrogen-bond donors (Lipinski definition) is 0. The van der Waals surface area contributed by atoms with Gasteiger partial charge in [-0.05, 0) is 76.9 Å². The van der Waals surface area contributed by atoms with Crippen LogP contribution < -0.4 is 15.8 Å². The first-order valence-corrected chi connectivity index (χ1v) is 16.5.